The Morgan fingerprint density at radius 1 is 0.857 bits per heavy atom. The van der Waals surface area contributed by atoms with Crippen LogP contribution in [0.3, 0.4) is 0 Å². The summed E-state index contributed by atoms with van der Waals surface area (Å²) in [4.78, 5) is 24.9. The zero-order valence-electron chi connectivity index (χ0n) is 27.2. The normalized spacial score (nSPS) is 15.7. The molecule has 0 aliphatic heterocycles. The highest BCUT2D eigenvalue weighted by atomic mass is 31.2. The minimum Gasteiger partial charge on any atom is -0.756 e. The molecule has 0 spiro atoms. The summed E-state index contributed by atoms with van der Waals surface area (Å²) in [5, 5.41) is 13.5. The van der Waals surface area contributed by atoms with E-state index >= 15 is 0 Å². The number of rotatable bonds is 27. The predicted molar refractivity (Wildman–Crippen MR) is 173 cm³/mol. The second-order valence-corrected chi connectivity index (χ2v) is 13.2. The molecule has 0 saturated carbocycles. The van der Waals surface area contributed by atoms with Gasteiger partial charge in [0, 0.05) is 6.42 Å². The molecule has 0 radical (unpaired) electrons. The van der Waals surface area contributed by atoms with Crippen molar-refractivity contribution in [1.82, 2.24) is 5.32 Å². The van der Waals surface area contributed by atoms with Gasteiger partial charge in [-0.2, -0.15) is 0 Å². The van der Waals surface area contributed by atoms with E-state index in [1.165, 1.54) is 19.3 Å². The summed E-state index contributed by atoms with van der Waals surface area (Å²) in [6.07, 6.45) is 28.9. The number of allylic oxidation sites excluding steroid dienone is 7. The number of hydrogen-bond acceptors (Lipinski definition) is 6. The number of nitrogens with zero attached hydrogens (tertiary/aromatic N) is 1. The van der Waals surface area contributed by atoms with E-state index in [4.69, 9.17) is 9.05 Å². The molecule has 0 saturated heterocycles. The van der Waals surface area contributed by atoms with Gasteiger partial charge in [0.1, 0.15) is 13.2 Å². The molecule has 1 amide bonds. The van der Waals surface area contributed by atoms with Crippen LogP contribution in [0.15, 0.2) is 48.6 Å². The molecule has 0 aromatic rings. The summed E-state index contributed by atoms with van der Waals surface area (Å²) in [7, 11) is 1.22. The van der Waals surface area contributed by atoms with E-state index in [0.29, 0.717) is 17.4 Å². The summed E-state index contributed by atoms with van der Waals surface area (Å²) >= 11 is 0. The van der Waals surface area contributed by atoms with Crippen molar-refractivity contribution in [2.75, 3.05) is 40.9 Å². The Bertz CT molecular complexity index is 835. The molecular weight excluding hydrogens is 551 g/mol. The average Bonchev–Trinajstić information content (AvgIpc) is 2.92. The van der Waals surface area contributed by atoms with Crippen molar-refractivity contribution in [3.8, 4) is 0 Å². The van der Waals surface area contributed by atoms with Gasteiger partial charge < -0.3 is 28.8 Å². The van der Waals surface area contributed by atoms with Gasteiger partial charge in [-0.05, 0) is 51.4 Å². The predicted octanol–water partition coefficient (Wildman–Crippen LogP) is 6.77. The van der Waals surface area contributed by atoms with E-state index < -0.39 is 26.6 Å². The fourth-order valence-electron chi connectivity index (χ4n) is 3.93. The minimum absolute atomic E-state index is 0.00960. The number of phosphoric ester groups is 1. The zero-order chi connectivity index (χ0) is 31.5. The molecule has 0 aromatic carbocycles. The van der Waals surface area contributed by atoms with Gasteiger partial charge in [-0.1, -0.05) is 94.6 Å². The van der Waals surface area contributed by atoms with Gasteiger partial charge in [0.15, 0.2) is 0 Å². The van der Waals surface area contributed by atoms with Crippen LogP contribution < -0.4 is 10.2 Å². The summed E-state index contributed by atoms with van der Waals surface area (Å²) in [5.41, 5.74) is 0. The van der Waals surface area contributed by atoms with Gasteiger partial charge in [0.2, 0.25) is 5.91 Å². The smallest absolute Gasteiger partial charge is 0.268 e. The Balaban J connectivity index is 4.65. The highest BCUT2D eigenvalue weighted by molar-refractivity contribution is 7.45. The van der Waals surface area contributed by atoms with Crippen LogP contribution in [0.4, 0.5) is 0 Å². The number of phosphoric acid groups is 1. The van der Waals surface area contributed by atoms with Gasteiger partial charge >= 0.3 is 0 Å². The van der Waals surface area contributed by atoms with Crippen molar-refractivity contribution in [3.05, 3.63) is 48.6 Å². The minimum atomic E-state index is -4.57. The van der Waals surface area contributed by atoms with Crippen molar-refractivity contribution in [1.29, 1.82) is 0 Å². The lowest BCUT2D eigenvalue weighted by Gasteiger charge is -2.29. The fourth-order valence-corrected chi connectivity index (χ4v) is 4.65. The molecule has 8 nitrogen and oxygen atoms in total. The van der Waals surface area contributed by atoms with Crippen LogP contribution in [-0.4, -0.2) is 68.5 Å². The molecule has 2 N–H and O–H groups in total. The largest absolute Gasteiger partial charge is 0.756 e. The number of quaternary nitrogens is 1. The molecule has 9 heteroatoms. The van der Waals surface area contributed by atoms with Crippen molar-refractivity contribution < 1.29 is 32.9 Å². The Morgan fingerprint density at radius 2 is 1.45 bits per heavy atom. The topological polar surface area (TPSA) is 108 Å². The number of aliphatic hydroxyl groups is 1. The van der Waals surface area contributed by atoms with Crippen molar-refractivity contribution in [2.45, 2.75) is 116 Å². The number of hydrogen-bond donors (Lipinski definition) is 2. The Hall–Kier alpha value is -1.54. The maximum atomic E-state index is 12.6. The molecule has 3 unspecified atom stereocenters. The quantitative estimate of drug-likeness (QED) is 0.0459. The highest BCUT2D eigenvalue weighted by Crippen LogP contribution is 2.38. The first-order chi connectivity index (χ1) is 20.0. The number of unbranched alkanes of at least 4 members (excludes halogenated alkanes) is 8. The molecule has 3 atom stereocenters. The van der Waals surface area contributed by atoms with Gasteiger partial charge in [0.05, 0.1) is 39.9 Å². The number of amides is 1. The van der Waals surface area contributed by atoms with E-state index in [0.717, 1.165) is 64.2 Å². The summed E-state index contributed by atoms with van der Waals surface area (Å²) in [6.45, 7) is 4.39. The second-order valence-electron chi connectivity index (χ2n) is 11.8. The van der Waals surface area contributed by atoms with Gasteiger partial charge in [-0.25, -0.2) is 0 Å². The third-order valence-corrected chi connectivity index (χ3v) is 7.51. The monoisotopic (exact) mass is 612 g/mol. The van der Waals surface area contributed by atoms with Gasteiger partial charge in [0.25, 0.3) is 7.82 Å². The SMILES string of the molecule is CC/C=C\C/C=C\C/C=C\CCCCCC(=O)NC(COP(=O)([O-])OCC[N+](C)(C)C)C(O)/C=C/CCCCCCC. The lowest BCUT2D eigenvalue weighted by molar-refractivity contribution is -0.870. The molecule has 0 heterocycles. The molecule has 0 aliphatic rings. The van der Waals surface area contributed by atoms with E-state index in [-0.39, 0.29) is 12.5 Å². The molecule has 42 heavy (non-hydrogen) atoms. The number of carbonyl (C=O) groups excluding carboxylic acids is 1. The maximum Gasteiger partial charge on any atom is 0.268 e. The summed E-state index contributed by atoms with van der Waals surface area (Å²) < 4.78 is 22.9. The van der Waals surface area contributed by atoms with Crippen LogP contribution in [-0.2, 0) is 18.4 Å². The number of aliphatic hydroxyl groups excluding tert-OH is 1. The van der Waals surface area contributed by atoms with Crippen LogP contribution >= 0.6 is 7.82 Å². The first-order valence-corrected chi connectivity index (χ1v) is 17.5. The van der Waals surface area contributed by atoms with Crippen LogP contribution in [0.25, 0.3) is 0 Å². The lowest BCUT2D eigenvalue weighted by atomic mass is 10.1. The molecule has 0 aromatic heterocycles. The van der Waals surface area contributed by atoms with Crippen molar-refractivity contribution in [3.63, 3.8) is 0 Å². The average molecular weight is 613 g/mol. The number of carbonyl (C=O) groups is 1. The lowest BCUT2D eigenvalue weighted by Crippen LogP contribution is -2.45. The van der Waals surface area contributed by atoms with E-state index in [2.05, 4.69) is 55.6 Å². The van der Waals surface area contributed by atoms with E-state index in [9.17, 15) is 19.4 Å². The fraction of sp³-hybridized carbons (Fsp3) is 0.727. The Morgan fingerprint density at radius 3 is 2.10 bits per heavy atom. The van der Waals surface area contributed by atoms with Crippen molar-refractivity contribution in [2.24, 2.45) is 0 Å². The third kappa shape index (κ3) is 27.3. The number of likely N-dealkylation sites (N-methyl/N-ethyl adjacent to an activating group) is 1. The molecule has 0 fully saturated rings. The summed E-state index contributed by atoms with van der Waals surface area (Å²) in [6, 6.07) is -0.897. The van der Waals surface area contributed by atoms with Crippen LogP contribution in [0.2, 0.25) is 0 Å². The number of nitrogens with one attached hydrogen (secondary N) is 1. The highest BCUT2D eigenvalue weighted by Gasteiger charge is 2.23. The first-order valence-electron chi connectivity index (χ1n) is 16.0. The molecule has 0 rings (SSSR count). The van der Waals surface area contributed by atoms with E-state index in [1.807, 2.05) is 27.2 Å². The molecule has 0 bridgehead atoms. The van der Waals surface area contributed by atoms with E-state index in [1.54, 1.807) is 6.08 Å². The van der Waals surface area contributed by atoms with Crippen LogP contribution in [0, 0.1) is 0 Å². The molecule has 244 valence electrons. The Labute approximate surface area is 257 Å². The van der Waals surface area contributed by atoms with Crippen LogP contribution in [0.1, 0.15) is 104 Å². The van der Waals surface area contributed by atoms with Crippen molar-refractivity contribution >= 4 is 13.7 Å². The zero-order valence-corrected chi connectivity index (χ0v) is 28.1. The second kappa shape index (κ2) is 25.9. The Kier molecular flexibility index (Phi) is 25.0. The maximum absolute atomic E-state index is 12.6. The summed E-state index contributed by atoms with van der Waals surface area (Å²) in [5.74, 6) is -0.236. The first kappa shape index (κ1) is 40.5. The molecule has 0 aliphatic carbocycles. The third-order valence-electron chi connectivity index (χ3n) is 6.54. The van der Waals surface area contributed by atoms with Gasteiger partial charge in [-0.15, -0.1) is 0 Å². The standard InChI is InChI=1S/C33H61N2O6P/c1-6-8-10-12-14-15-16-17-18-19-21-23-25-27-33(37)34-31(32(36)26-24-22-20-13-11-9-7-2)30-41-42(38,39)40-29-28-35(3,4)5/h8,10,14-15,17-18,24,26,31-32,36H,6-7,9,11-13,16,19-23,25,27-30H2,1-5H3,(H-,34,37,38,39)/b10-8-,15-14-,18-17-,26-24+. The molecular formula is C33H61N2O6P. The van der Waals surface area contributed by atoms with Gasteiger partial charge in [-0.3, -0.25) is 9.36 Å². The van der Waals surface area contributed by atoms with Crippen LogP contribution in [0.5, 0.6) is 0 Å².